The van der Waals surface area contributed by atoms with Crippen LogP contribution in [-0.2, 0) is 6.61 Å². The molecule has 0 aliphatic carbocycles. The summed E-state index contributed by atoms with van der Waals surface area (Å²) in [6, 6.07) is 3.54. The van der Waals surface area contributed by atoms with Gasteiger partial charge in [0.05, 0.1) is 17.2 Å². The molecule has 0 saturated carbocycles. The molecule has 0 amide bonds. The van der Waals surface area contributed by atoms with Crippen molar-refractivity contribution in [1.29, 1.82) is 0 Å². The monoisotopic (exact) mass is 292 g/mol. The Morgan fingerprint density at radius 1 is 1.47 bits per heavy atom. The van der Waals surface area contributed by atoms with Crippen molar-refractivity contribution in [3.63, 3.8) is 0 Å². The summed E-state index contributed by atoms with van der Waals surface area (Å²) >= 11 is 7.43. The Hall–Kier alpha value is -1.69. The highest BCUT2D eigenvalue weighted by molar-refractivity contribution is 7.08. The largest absolute Gasteiger partial charge is 0.392 e. The highest BCUT2D eigenvalue weighted by Gasteiger charge is 2.15. The number of H-pyrrole nitrogens is 1. The molecule has 0 radical (unpaired) electrons. The van der Waals surface area contributed by atoms with Crippen LogP contribution in [0, 0.1) is 0 Å². The van der Waals surface area contributed by atoms with E-state index in [4.69, 9.17) is 11.6 Å². The Balaban J connectivity index is 2.45. The number of rotatable bonds is 2. The van der Waals surface area contributed by atoms with Crippen molar-refractivity contribution in [2.45, 2.75) is 6.61 Å². The fourth-order valence-electron chi connectivity index (χ4n) is 2.09. The van der Waals surface area contributed by atoms with E-state index in [-0.39, 0.29) is 12.2 Å². The molecule has 0 saturated heterocycles. The second kappa shape index (κ2) is 4.77. The molecule has 3 aromatic heterocycles. The van der Waals surface area contributed by atoms with E-state index in [1.807, 2.05) is 16.8 Å². The number of halogens is 1. The lowest BCUT2D eigenvalue weighted by atomic mass is 10.0. The zero-order valence-electron chi connectivity index (χ0n) is 9.68. The number of aromatic amines is 1. The maximum absolute atomic E-state index is 12.2. The van der Waals surface area contributed by atoms with Crippen molar-refractivity contribution in [1.82, 2.24) is 9.97 Å². The summed E-state index contributed by atoms with van der Waals surface area (Å²) in [5.41, 5.74) is 1.98. The summed E-state index contributed by atoms with van der Waals surface area (Å²) in [5.74, 6) is 0. The summed E-state index contributed by atoms with van der Waals surface area (Å²) in [6.07, 6.45) is 1.46. The van der Waals surface area contributed by atoms with E-state index >= 15 is 0 Å². The maximum atomic E-state index is 12.2. The Labute approximate surface area is 117 Å². The minimum atomic E-state index is -0.259. The van der Waals surface area contributed by atoms with E-state index in [0.29, 0.717) is 27.2 Å². The lowest BCUT2D eigenvalue weighted by Gasteiger charge is -2.09. The van der Waals surface area contributed by atoms with Crippen molar-refractivity contribution in [3.05, 3.63) is 50.0 Å². The van der Waals surface area contributed by atoms with E-state index in [2.05, 4.69) is 9.97 Å². The minimum Gasteiger partial charge on any atom is -0.392 e. The topological polar surface area (TPSA) is 66.0 Å². The summed E-state index contributed by atoms with van der Waals surface area (Å²) in [5, 5.41) is 14.5. The molecule has 4 nitrogen and oxygen atoms in total. The van der Waals surface area contributed by atoms with Crippen LogP contribution in [0.2, 0.25) is 5.02 Å². The average molecular weight is 293 g/mol. The van der Waals surface area contributed by atoms with E-state index in [0.717, 1.165) is 5.56 Å². The number of pyridine rings is 2. The predicted molar refractivity (Wildman–Crippen MR) is 76.6 cm³/mol. The normalized spacial score (nSPS) is 11.1. The number of hydrogen-bond acceptors (Lipinski definition) is 4. The maximum Gasteiger partial charge on any atom is 0.257 e. The molecule has 0 spiro atoms. The van der Waals surface area contributed by atoms with Gasteiger partial charge in [0.1, 0.15) is 5.65 Å². The predicted octanol–water partition coefficient (Wildman–Crippen LogP) is 2.80. The van der Waals surface area contributed by atoms with E-state index in [1.54, 1.807) is 6.07 Å². The van der Waals surface area contributed by atoms with Crippen LogP contribution in [0.4, 0.5) is 0 Å². The lowest BCUT2D eigenvalue weighted by Crippen LogP contribution is -2.13. The lowest BCUT2D eigenvalue weighted by molar-refractivity contribution is 0.283. The molecule has 0 bridgehead atoms. The smallest absolute Gasteiger partial charge is 0.257 e. The van der Waals surface area contributed by atoms with Crippen LogP contribution in [0.25, 0.3) is 22.2 Å². The first-order chi connectivity index (χ1) is 9.20. The summed E-state index contributed by atoms with van der Waals surface area (Å²) in [6.45, 7) is -0.242. The zero-order valence-corrected chi connectivity index (χ0v) is 11.3. The molecular weight excluding hydrogens is 284 g/mol. The first-order valence-corrected chi connectivity index (χ1v) is 6.86. The number of nitrogens with one attached hydrogen (secondary N) is 1. The number of thiophene rings is 1. The fraction of sp³-hybridized carbons (Fsp3) is 0.0769. The molecule has 0 aromatic carbocycles. The number of fused-ring (bicyclic) bond motifs is 1. The van der Waals surface area contributed by atoms with Gasteiger partial charge >= 0.3 is 0 Å². The number of nitrogens with zero attached hydrogens (tertiary/aromatic N) is 1. The van der Waals surface area contributed by atoms with Gasteiger partial charge in [0, 0.05) is 17.1 Å². The molecule has 0 atom stereocenters. The van der Waals surface area contributed by atoms with Crippen LogP contribution in [0.5, 0.6) is 0 Å². The van der Waals surface area contributed by atoms with Gasteiger partial charge in [-0.15, -0.1) is 0 Å². The van der Waals surface area contributed by atoms with Crippen LogP contribution in [0.15, 0.2) is 33.9 Å². The molecule has 6 heteroatoms. The molecular formula is C13H9ClN2O2S. The van der Waals surface area contributed by atoms with Gasteiger partial charge in [-0.1, -0.05) is 11.6 Å². The Morgan fingerprint density at radius 2 is 2.32 bits per heavy atom. The summed E-state index contributed by atoms with van der Waals surface area (Å²) < 4.78 is 0. The number of aromatic nitrogens is 2. The van der Waals surface area contributed by atoms with Crippen LogP contribution >= 0.6 is 22.9 Å². The first-order valence-electron chi connectivity index (χ1n) is 5.54. The highest BCUT2D eigenvalue weighted by atomic mass is 35.5. The van der Waals surface area contributed by atoms with Crippen molar-refractivity contribution in [2.24, 2.45) is 0 Å². The van der Waals surface area contributed by atoms with Gasteiger partial charge in [-0.2, -0.15) is 11.3 Å². The molecule has 0 unspecified atom stereocenters. The first kappa shape index (κ1) is 12.3. The van der Waals surface area contributed by atoms with Crippen molar-refractivity contribution >= 4 is 34.0 Å². The van der Waals surface area contributed by atoms with Crippen LogP contribution in [-0.4, -0.2) is 15.1 Å². The molecule has 3 rings (SSSR count). The van der Waals surface area contributed by atoms with Crippen molar-refractivity contribution in [2.75, 3.05) is 0 Å². The van der Waals surface area contributed by atoms with Gasteiger partial charge in [0.2, 0.25) is 0 Å². The zero-order chi connectivity index (χ0) is 13.4. The molecule has 3 heterocycles. The fourth-order valence-corrected chi connectivity index (χ4v) is 2.89. The number of hydrogen-bond donors (Lipinski definition) is 2. The molecule has 96 valence electrons. The molecule has 3 aromatic rings. The summed E-state index contributed by atoms with van der Waals surface area (Å²) in [4.78, 5) is 19.0. The van der Waals surface area contributed by atoms with Crippen molar-refractivity contribution in [3.8, 4) is 11.1 Å². The molecule has 19 heavy (non-hydrogen) atoms. The second-order valence-corrected chi connectivity index (χ2v) is 5.24. The van der Waals surface area contributed by atoms with Gasteiger partial charge < -0.3 is 10.1 Å². The van der Waals surface area contributed by atoms with Gasteiger partial charge in [0.25, 0.3) is 5.56 Å². The highest BCUT2D eigenvalue weighted by Crippen LogP contribution is 2.28. The third-order valence-electron chi connectivity index (χ3n) is 2.91. The number of aliphatic hydroxyl groups excluding tert-OH is 1. The van der Waals surface area contributed by atoms with Crippen LogP contribution in [0.3, 0.4) is 0 Å². The molecule has 0 aliphatic rings. The minimum absolute atomic E-state index is 0.242. The third-order valence-corrected chi connectivity index (χ3v) is 3.80. The standard InChI is InChI=1S/C13H9ClN2O2S/c14-8-3-9-10(5-17)11(7-1-2-19-6-7)13(18)16-12(9)15-4-8/h1-4,6,17H,5H2,(H,15,16,18). The molecule has 2 N–H and O–H groups in total. The summed E-state index contributed by atoms with van der Waals surface area (Å²) in [7, 11) is 0. The van der Waals surface area contributed by atoms with Gasteiger partial charge in [-0.25, -0.2) is 4.98 Å². The van der Waals surface area contributed by atoms with Gasteiger partial charge in [-0.3, -0.25) is 4.79 Å². The van der Waals surface area contributed by atoms with Crippen LogP contribution in [0.1, 0.15) is 5.56 Å². The van der Waals surface area contributed by atoms with Crippen LogP contribution < -0.4 is 5.56 Å². The van der Waals surface area contributed by atoms with E-state index in [9.17, 15) is 9.90 Å². The third kappa shape index (κ3) is 2.06. The Bertz CT molecular complexity index is 796. The average Bonchev–Trinajstić information content (AvgIpc) is 2.91. The SMILES string of the molecule is O=c1[nH]c2ncc(Cl)cc2c(CO)c1-c1ccsc1. The second-order valence-electron chi connectivity index (χ2n) is 4.03. The number of aliphatic hydroxyl groups is 1. The Kier molecular flexibility index (Phi) is 3.10. The molecule has 0 aliphatic heterocycles. The van der Waals surface area contributed by atoms with E-state index in [1.165, 1.54) is 17.5 Å². The van der Waals surface area contributed by atoms with E-state index < -0.39 is 0 Å². The van der Waals surface area contributed by atoms with Gasteiger partial charge in [-0.05, 0) is 28.5 Å². The molecule has 0 fully saturated rings. The van der Waals surface area contributed by atoms with Gasteiger partial charge in [0.15, 0.2) is 0 Å². The van der Waals surface area contributed by atoms with Crippen molar-refractivity contribution < 1.29 is 5.11 Å². The quantitative estimate of drug-likeness (QED) is 0.763. The Morgan fingerprint density at radius 3 is 3.00 bits per heavy atom.